The van der Waals surface area contributed by atoms with E-state index in [9.17, 15) is 0 Å². The van der Waals surface area contributed by atoms with Gasteiger partial charge in [-0.15, -0.1) is 23.5 Å². The van der Waals surface area contributed by atoms with Gasteiger partial charge in [-0.05, 0) is 58.6 Å². The summed E-state index contributed by atoms with van der Waals surface area (Å²) in [6.45, 7) is 11.7. The first kappa shape index (κ1) is 25.7. The summed E-state index contributed by atoms with van der Waals surface area (Å²) in [5, 5.41) is 0. The molecular formula is C27H38O2S2. The predicted octanol–water partition coefficient (Wildman–Crippen LogP) is 8.20. The molecule has 2 nitrogen and oxygen atoms in total. The van der Waals surface area contributed by atoms with Gasteiger partial charge in [0.05, 0.1) is 11.7 Å². The molecule has 0 aliphatic carbocycles. The Bertz CT molecular complexity index is 799. The lowest BCUT2D eigenvalue weighted by Gasteiger charge is -2.19. The summed E-state index contributed by atoms with van der Waals surface area (Å²) >= 11 is 4.04. The van der Waals surface area contributed by atoms with Crippen molar-refractivity contribution in [1.82, 2.24) is 0 Å². The standard InChI is InChI=1S/C27H38O2S2/c1-7-17-30-26(31-18-8-2)16-12-21-11-15-24(25(19-21)28-6)29-20-22-9-13-23(14-10-22)27(3,4)5/h9-16,19,26H,7-8,17-18,20H2,1-6H3/b16-12+. The SMILES string of the molecule is CCCSC(/C=C/c1ccc(OCc2ccc(C(C)(C)C)cc2)c(OC)c1)SCCC. The van der Waals surface area contributed by atoms with E-state index in [4.69, 9.17) is 9.47 Å². The molecule has 2 rings (SSSR count). The van der Waals surface area contributed by atoms with Crippen molar-refractivity contribution in [3.8, 4) is 11.5 Å². The van der Waals surface area contributed by atoms with Gasteiger partial charge in [-0.1, -0.05) is 77.1 Å². The van der Waals surface area contributed by atoms with Crippen molar-refractivity contribution in [2.75, 3.05) is 18.6 Å². The molecule has 0 aliphatic rings. The van der Waals surface area contributed by atoms with Gasteiger partial charge < -0.3 is 9.47 Å². The molecule has 2 aromatic rings. The summed E-state index contributed by atoms with van der Waals surface area (Å²) in [4.78, 5) is 0. The van der Waals surface area contributed by atoms with Crippen LogP contribution in [0.4, 0.5) is 0 Å². The zero-order valence-corrected chi connectivity index (χ0v) is 21.6. The Morgan fingerprint density at radius 2 is 1.55 bits per heavy atom. The van der Waals surface area contributed by atoms with Crippen molar-refractivity contribution in [2.45, 2.75) is 64.1 Å². The number of ether oxygens (including phenoxy) is 2. The molecule has 0 spiro atoms. The maximum Gasteiger partial charge on any atom is 0.161 e. The highest BCUT2D eigenvalue weighted by molar-refractivity contribution is 8.17. The molecule has 0 saturated carbocycles. The number of methoxy groups -OCH3 is 1. The molecule has 2 aromatic carbocycles. The Hall–Kier alpha value is -1.52. The van der Waals surface area contributed by atoms with Crippen LogP contribution >= 0.6 is 23.5 Å². The lowest BCUT2D eigenvalue weighted by molar-refractivity contribution is 0.284. The molecule has 0 aliphatic heterocycles. The third-order valence-electron chi connectivity index (χ3n) is 4.82. The van der Waals surface area contributed by atoms with Crippen molar-refractivity contribution in [3.05, 3.63) is 65.2 Å². The van der Waals surface area contributed by atoms with Gasteiger partial charge >= 0.3 is 0 Å². The van der Waals surface area contributed by atoms with Gasteiger partial charge in [-0.2, -0.15) is 0 Å². The van der Waals surface area contributed by atoms with Crippen molar-refractivity contribution in [3.63, 3.8) is 0 Å². The van der Waals surface area contributed by atoms with E-state index in [1.165, 1.54) is 29.9 Å². The molecule has 0 aromatic heterocycles. The Balaban J connectivity index is 2.03. The van der Waals surface area contributed by atoms with Gasteiger partial charge in [-0.3, -0.25) is 0 Å². The smallest absolute Gasteiger partial charge is 0.161 e. The normalized spacial score (nSPS) is 12.0. The quantitative estimate of drug-likeness (QED) is 0.298. The van der Waals surface area contributed by atoms with Gasteiger partial charge in [0, 0.05) is 0 Å². The van der Waals surface area contributed by atoms with E-state index in [0.29, 0.717) is 11.2 Å². The summed E-state index contributed by atoms with van der Waals surface area (Å²) < 4.78 is 12.2. The van der Waals surface area contributed by atoms with Crippen LogP contribution in [-0.4, -0.2) is 23.2 Å². The maximum absolute atomic E-state index is 6.07. The molecule has 4 heteroatoms. The van der Waals surface area contributed by atoms with E-state index < -0.39 is 0 Å². The minimum Gasteiger partial charge on any atom is -0.493 e. The number of benzene rings is 2. The van der Waals surface area contributed by atoms with E-state index in [1.54, 1.807) is 7.11 Å². The van der Waals surface area contributed by atoms with Crippen molar-refractivity contribution < 1.29 is 9.47 Å². The van der Waals surface area contributed by atoms with Gasteiger partial charge in [-0.25, -0.2) is 0 Å². The second-order valence-electron chi connectivity index (χ2n) is 8.61. The molecule has 170 valence electrons. The molecule has 0 unspecified atom stereocenters. The van der Waals surface area contributed by atoms with Crippen molar-refractivity contribution in [2.24, 2.45) is 0 Å². The van der Waals surface area contributed by atoms with Crippen molar-refractivity contribution in [1.29, 1.82) is 0 Å². The predicted molar refractivity (Wildman–Crippen MR) is 141 cm³/mol. The third kappa shape index (κ3) is 8.86. The molecule has 0 heterocycles. The average molecular weight is 459 g/mol. The second kappa shape index (κ2) is 13.1. The summed E-state index contributed by atoms with van der Waals surface area (Å²) in [5.74, 6) is 3.93. The molecule has 0 fully saturated rings. The fraction of sp³-hybridized carbons (Fsp3) is 0.481. The minimum absolute atomic E-state index is 0.162. The highest BCUT2D eigenvalue weighted by atomic mass is 32.2. The Morgan fingerprint density at radius 1 is 0.903 bits per heavy atom. The van der Waals surface area contributed by atoms with E-state index in [-0.39, 0.29) is 5.41 Å². The number of rotatable bonds is 12. The highest BCUT2D eigenvalue weighted by Crippen LogP contribution is 2.31. The molecule has 0 bridgehead atoms. The Morgan fingerprint density at radius 3 is 2.10 bits per heavy atom. The number of hydrogen-bond acceptors (Lipinski definition) is 4. The minimum atomic E-state index is 0.162. The molecule has 0 radical (unpaired) electrons. The zero-order valence-electron chi connectivity index (χ0n) is 19.9. The van der Waals surface area contributed by atoms with Crippen LogP contribution < -0.4 is 9.47 Å². The average Bonchev–Trinajstić information content (AvgIpc) is 2.77. The third-order valence-corrected chi connectivity index (χ3v) is 7.90. The summed E-state index contributed by atoms with van der Waals surface area (Å²) in [5.41, 5.74) is 3.79. The van der Waals surface area contributed by atoms with Gasteiger partial charge in [0.2, 0.25) is 0 Å². The Labute approximate surface area is 198 Å². The van der Waals surface area contributed by atoms with Crippen LogP contribution in [0.15, 0.2) is 48.5 Å². The molecule has 31 heavy (non-hydrogen) atoms. The van der Waals surface area contributed by atoms with E-state index >= 15 is 0 Å². The first-order chi connectivity index (χ1) is 14.9. The fourth-order valence-corrected chi connectivity index (χ4v) is 5.26. The summed E-state index contributed by atoms with van der Waals surface area (Å²) in [6.07, 6.45) is 6.93. The van der Waals surface area contributed by atoms with Gasteiger partial charge in [0.1, 0.15) is 6.61 Å². The number of hydrogen-bond donors (Lipinski definition) is 0. The second-order valence-corrected chi connectivity index (χ2v) is 11.4. The molecule has 0 atom stereocenters. The summed E-state index contributed by atoms with van der Waals surface area (Å²) in [7, 11) is 1.70. The van der Waals surface area contributed by atoms with E-state index in [1.807, 2.05) is 29.6 Å². The molecular weight excluding hydrogens is 420 g/mol. The number of thioether (sulfide) groups is 2. The first-order valence-corrected chi connectivity index (χ1v) is 13.3. The van der Waals surface area contributed by atoms with Crippen LogP contribution in [-0.2, 0) is 12.0 Å². The Kier molecular flexibility index (Phi) is 10.9. The van der Waals surface area contributed by atoms with Crippen LogP contribution in [0.1, 0.15) is 64.2 Å². The van der Waals surface area contributed by atoms with Crippen LogP contribution in [0.5, 0.6) is 11.5 Å². The largest absolute Gasteiger partial charge is 0.493 e. The zero-order chi connectivity index (χ0) is 22.7. The highest BCUT2D eigenvalue weighted by Gasteiger charge is 2.13. The topological polar surface area (TPSA) is 18.5 Å². The van der Waals surface area contributed by atoms with Gasteiger partial charge in [0.25, 0.3) is 0 Å². The lowest BCUT2D eigenvalue weighted by Crippen LogP contribution is -2.10. The van der Waals surface area contributed by atoms with E-state index in [2.05, 4.69) is 83.2 Å². The molecule has 0 amide bonds. The molecule has 0 saturated heterocycles. The van der Waals surface area contributed by atoms with Crippen LogP contribution in [0.3, 0.4) is 0 Å². The monoisotopic (exact) mass is 458 g/mol. The van der Waals surface area contributed by atoms with Crippen LogP contribution in [0.25, 0.3) is 6.08 Å². The maximum atomic E-state index is 6.07. The van der Waals surface area contributed by atoms with E-state index in [0.717, 1.165) is 22.6 Å². The molecule has 0 N–H and O–H groups in total. The summed E-state index contributed by atoms with van der Waals surface area (Å²) in [6, 6.07) is 14.8. The first-order valence-electron chi connectivity index (χ1n) is 11.2. The van der Waals surface area contributed by atoms with Crippen molar-refractivity contribution >= 4 is 29.6 Å². The fourth-order valence-electron chi connectivity index (χ4n) is 2.99. The van der Waals surface area contributed by atoms with Gasteiger partial charge in [0.15, 0.2) is 11.5 Å². The van der Waals surface area contributed by atoms with Crippen LogP contribution in [0, 0.1) is 0 Å². The van der Waals surface area contributed by atoms with Crippen LogP contribution in [0.2, 0.25) is 0 Å². The lowest BCUT2D eigenvalue weighted by atomic mass is 9.87.